The van der Waals surface area contributed by atoms with Gasteiger partial charge in [-0.2, -0.15) is 0 Å². The van der Waals surface area contributed by atoms with Crippen LogP contribution in [0.3, 0.4) is 0 Å². The Kier molecular flexibility index (Phi) is 6.93. The zero-order valence-corrected chi connectivity index (χ0v) is 17.1. The van der Waals surface area contributed by atoms with Crippen LogP contribution in [0.25, 0.3) is 0 Å². The van der Waals surface area contributed by atoms with Crippen molar-refractivity contribution in [1.29, 1.82) is 0 Å². The smallest absolute Gasteiger partial charge is 0.333 e. The molecule has 1 atom stereocenters. The van der Waals surface area contributed by atoms with Gasteiger partial charge in [0.05, 0.1) is 22.6 Å². The Hall–Kier alpha value is -2.56. The lowest BCUT2D eigenvalue weighted by Gasteiger charge is -2.18. The quantitative estimate of drug-likeness (QED) is 0.688. The molecule has 0 aliphatic heterocycles. The van der Waals surface area contributed by atoms with Gasteiger partial charge in [0.1, 0.15) is 11.6 Å². The summed E-state index contributed by atoms with van der Waals surface area (Å²) in [5, 5.41) is 2.15. The van der Waals surface area contributed by atoms with E-state index in [9.17, 15) is 26.8 Å². The number of methoxy groups -OCH3 is 1. The molecule has 2 aromatic rings. The number of nitrogens with one attached hydrogen (secondary N) is 1. The number of carbonyl (C=O) groups is 2. The van der Waals surface area contributed by atoms with E-state index in [0.29, 0.717) is 6.07 Å². The third-order valence-corrected chi connectivity index (χ3v) is 6.09. The van der Waals surface area contributed by atoms with Crippen molar-refractivity contribution in [2.75, 3.05) is 21.2 Å². The molecule has 1 N–H and O–H groups in total. The second-order valence-electron chi connectivity index (χ2n) is 6.02. The molecule has 11 heteroatoms. The molecule has 0 radical (unpaired) electrons. The lowest BCUT2D eigenvalue weighted by molar-refractivity contribution is -0.143. The average molecular weight is 447 g/mol. The molecule has 7 nitrogen and oxygen atoms in total. The zero-order valence-electron chi connectivity index (χ0n) is 15.6. The highest BCUT2D eigenvalue weighted by Crippen LogP contribution is 2.24. The minimum atomic E-state index is -3.86. The Labute approximate surface area is 171 Å². The van der Waals surface area contributed by atoms with Crippen LogP contribution >= 0.6 is 11.6 Å². The van der Waals surface area contributed by atoms with E-state index in [1.165, 1.54) is 26.2 Å². The zero-order chi connectivity index (χ0) is 21.9. The third kappa shape index (κ3) is 4.89. The molecule has 156 valence electrons. The van der Waals surface area contributed by atoms with Crippen LogP contribution in [0.15, 0.2) is 41.3 Å². The van der Waals surface area contributed by atoms with Crippen molar-refractivity contribution in [1.82, 2.24) is 9.62 Å². The standard InChI is InChI=1S/C18H17ClF2N2O5S/c1-23(2)29(26,27)11-5-7-14(19)13(9-11)17(24)22-16(18(25)28-3)12-6-4-10(20)8-15(12)21/h4-9,16H,1-3H3,(H,22,24)/t16-/m1/s1. The second-order valence-corrected chi connectivity index (χ2v) is 8.58. The van der Waals surface area contributed by atoms with Crippen molar-refractivity contribution < 1.29 is 31.5 Å². The van der Waals surface area contributed by atoms with Gasteiger partial charge >= 0.3 is 5.97 Å². The van der Waals surface area contributed by atoms with Crippen molar-refractivity contribution in [3.05, 3.63) is 64.2 Å². The van der Waals surface area contributed by atoms with Gasteiger partial charge in [-0.3, -0.25) is 4.79 Å². The van der Waals surface area contributed by atoms with E-state index in [1.54, 1.807) is 0 Å². The predicted molar refractivity (Wildman–Crippen MR) is 101 cm³/mol. The Bertz CT molecular complexity index is 1060. The largest absolute Gasteiger partial charge is 0.467 e. The van der Waals surface area contributed by atoms with Crippen molar-refractivity contribution >= 4 is 33.5 Å². The van der Waals surface area contributed by atoms with Crippen molar-refractivity contribution in [2.24, 2.45) is 0 Å². The number of halogens is 3. The number of benzene rings is 2. The molecule has 0 aromatic heterocycles. The number of carbonyl (C=O) groups excluding carboxylic acids is 2. The fourth-order valence-corrected chi connectivity index (χ4v) is 3.51. The maximum absolute atomic E-state index is 14.1. The highest BCUT2D eigenvalue weighted by molar-refractivity contribution is 7.89. The van der Waals surface area contributed by atoms with Crippen molar-refractivity contribution in [3.63, 3.8) is 0 Å². The monoisotopic (exact) mass is 446 g/mol. The van der Waals surface area contributed by atoms with Crippen molar-refractivity contribution in [3.8, 4) is 0 Å². The van der Waals surface area contributed by atoms with Crippen LogP contribution in [0.4, 0.5) is 8.78 Å². The summed E-state index contributed by atoms with van der Waals surface area (Å²) in [5.74, 6) is -3.91. The maximum Gasteiger partial charge on any atom is 0.333 e. The molecule has 0 fully saturated rings. The van der Waals surface area contributed by atoms with Gasteiger partial charge in [0, 0.05) is 25.7 Å². The van der Waals surface area contributed by atoms with E-state index >= 15 is 0 Å². The van der Waals surface area contributed by atoms with E-state index in [2.05, 4.69) is 10.1 Å². The number of ether oxygens (including phenoxy) is 1. The fraction of sp³-hybridized carbons (Fsp3) is 0.222. The molecular weight excluding hydrogens is 430 g/mol. The highest BCUT2D eigenvalue weighted by Gasteiger charge is 2.29. The molecule has 0 aliphatic rings. The molecule has 0 spiro atoms. The number of sulfonamides is 1. The molecule has 1 amide bonds. The highest BCUT2D eigenvalue weighted by atomic mass is 35.5. The summed E-state index contributed by atoms with van der Waals surface area (Å²) in [5.41, 5.74) is -0.592. The van der Waals surface area contributed by atoms with E-state index < -0.39 is 39.6 Å². The Balaban J connectivity index is 2.46. The Morgan fingerprint density at radius 2 is 1.79 bits per heavy atom. The molecule has 0 saturated heterocycles. The first kappa shape index (κ1) is 22.7. The second kappa shape index (κ2) is 8.85. The van der Waals surface area contributed by atoms with Gasteiger partial charge in [0.2, 0.25) is 10.0 Å². The topological polar surface area (TPSA) is 92.8 Å². The predicted octanol–water partition coefficient (Wildman–Crippen LogP) is 2.51. The first-order valence-corrected chi connectivity index (χ1v) is 9.86. The van der Waals surface area contributed by atoms with E-state index in [1.807, 2.05) is 0 Å². The summed E-state index contributed by atoms with van der Waals surface area (Å²) >= 11 is 6.01. The van der Waals surface area contributed by atoms with Crippen LogP contribution in [0.1, 0.15) is 22.0 Å². The summed E-state index contributed by atoms with van der Waals surface area (Å²) in [7, 11) is -0.206. The minimum Gasteiger partial charge on any atom is -0.467 e. The summed E-state index contributed by atoms with van der Waals surface area (Å²) in [6.45, 7) is 0. The summed E-state index contributed by atoms with van der Waals surface area (Å²) in [4.78, 5) is 24.6. The average Bonchev–Trinajstić information content (AvgIpc) is 2.65. The van der Waals surface area contributed by atoms with Crippen LogP contribution < -0.4 is 5.32 Å². The maximum atomic E-state index is 14.1. The molecule has 0 bridgehead atoms. The lowest BCUT2D eigenvalue weighted by atomic mass is 10.1. The number of nitrogens with zero attached hydrogens (tertiary/aromatic N) is 1. The van der Waals surface area contributed by atoms with Gasteiger partial charge in [-0.15, -0.1) is 0 Å². The summed E-state index contributed by atoms with van der Waals surface area (Å²) in [6.07, 6.45) is 0. The van der Waals surface area contributed by atoms with Crippen LogP contribution in [0.2, 0.25) is 5.02 Å². The molecule has 2 aromatic carbocycles. The number of rotatable bonds is 6. The van der Waals surface area contributed by atoms with E-state index in [-0.39, 0.29) is 21.0 Å². The Morgan fingerprint density at radius 3 is 2.34 bits per heavy atom. The molecule has 2 rings (SSSR count). The van der Waals surface area contributed by atoms with Crippen LogP contribution in [-0.2, 0) is 19.6 Å². The number of esters is 1. The van der Waals surface area contributed by atoms with Gasteiger partial charge in [-0.1, -0.05) is 17.7 Å². The SMILES string of the molecule is COC(=O)[C@H](NC(=O)c1cc(S(=O)(=O)N(C)C)ccc1Cl)c1ccc(F)cc1F. The number of amides is 1. The molecule has 29 heavy (non-hydrogen) atoms. The van der Waals surface area contributed by atoms with Crippen LogP contribution in [0, 0.1) is 11.6 Å². The van der Waals surface area contributed by atoms with Gasteiger partial charge in [-0.25, -0.2) is 26.3 Å². The van der Waals surface area contributed by atoms with Crippen molar-refractivity contribution in [2.45, 2.75) is 10.9 Å². The third-order valence-electron chi connectivity index (χ3n) is 3.95. The number of hydrogen-bond donors (Lipinski definition) is 1. The fourth-order valence-electron chi connectivity index (χ4n) is 2.38. The van der Waals surface area contributed by atoms with E-state index in [0.717, 1.165) is 29.6 Å². The summed E-state index contributed by atoms with van der Waals surface area (Å²) < 4.78 is 57.4. The van der Waals surface area contributed by atoms with Crippen LogP contribution in [0.5, 0.6) is 0 Å². The van der Waals surface area contributed by atoms with Gasteiger partial charge in [-0.05, 0) is 24.3 Å². The molecule has 0 unspecified atom stereocenters. The Morgan fingerprint density at radius 1 is 1.14 bits per heavy atom. The van der Waals surface area contributed by atoms with Gasteiger partial charge in [0.15, 0.2) is 6.04 Å². The molecular formula is C18H17ClF2N2O5S. The molecule has 0 aliphatic carbocycles. The molecule has 0 heterocycles. The number of hydrogen-bond acceptors (Lipinski definition) is 5. The van der Waals surface area contributed by atoms with Gasteiger partial charge in [0.25, 0.3) is 5.91 Å². The summed E-state index contributed by atoms with van der Waals surface area (Å²) in [6, 6.07) is 4.29. The minimum absolute atomic E-state index is 0.0941. The molecule has 0 saturated carbocycles. The van der Waals surface area contributed by atoms with Crippen LogP contribution in [-0.4, -0.2) is 45.8 Å². The first-order chi connectivity index (χ1) is 13.5. The normalized spacial score (nSPS) is 12.5. The lowest BCUT2D eigenvalue weighted by Crippen LogP contribution is -2.35. The first-order valence-electron chi connectivity index (χ1n) is 8.04. The van der Waals surface area contributed by atoms with Gasteiger partial charge < -0.3 is 10.1 Å². The van der Waals surface area contributed by atoms with E-state index in [4.69, 9.17) is 11.6 Å².